The number of carbonyl (C=O) groups excluding carboxylic acids is 1. The van der Waals surface area contributed by atoms with Gasteiger partial charge in [-0.1, -0.05) is 6.07 Å². The van der Waals surface area contributed by atoms with Gasteiger partial charge in [-0.3, -0.25) is 4.79 Å². The zero-order valence-electron chi connectivity index (χ0n) is 12.2. The van der Waals surface area contributed by atoms with E-state index in [1.807, 2.05) is 37.3 Å². The molecule has 0 aliphatic carbocycles. The molecule has 110 valence electrons. The predicted octanol–water partition coefficient (Wildman–Crippen LogP) is 4.06. The summed E-state index contributed by atoms with van der Waals surface area (Å²) in [6.07, 6.45) is 0. The van der Waals surface area contributed by atoms with Crippen molar-refractivity contribution in [2.45, 2.75) is 6.92 Å². The lowest BCUT2D eigenvalue weighted by Gasteiger charge is -2.12. The summed E-state index contributed by atoms with van der Waals surface area (Å²) in [4.78, 5) is 12.4. The number of amides is 1. The van der Waals surface area contributed by atoms with Crippen molar-refractivity contribution in [1.82, 2.24) is 0 Å². The number of anilines is 2. The first kappa shape index (κ1) is 15.4. The molecule has 0 aliphatic rings. The van der Waals surface area contributed by atoms with E-state index in [0.29, 0.717) is 17.0 Å². The molecule has 0 aromatic heterocycles. The van der Waals surface area contributed by atoms with Crippen LogP contribution in [-0.4, -0.2) is 20.1 Å². The second kappa shape index (κ2) is 6.63. The molecule has 2 rings (SSSR count). The lowest BCUT2D eigenvalue weighted by Crippen LogP contribution is -2.14. The highest BCUT2D eigenvalue weighted by molar-refractivity contribution is 9.10. The van der Waals surface area contributed by atoms with E-state index in [0.717, 1.165) is 15.7 Å². The Hall–Kier alpha value is -2.01. The number of hydrogen-bond donors (Lipinski definition) is 2. The van der Waals surface area contributed by atoms with E-state index < -0.39 is 0 Å². The molecular weight excluding hydrogens is 332 g/mol. The maximum absolute atomic E-state index is 12.4. The lowest BCUT2D eigenvalue weighted by atomic mass is 10.1. The van der Waals surface area contributed by atoms with Gasteiger partial charge in [0, 0.05) is 24.5 Å². The van der Waals surface area contributed by atoms with Crippen molar-refractivity contribution in [1.29, 1.82) is 0 Å². The minimum atomic E-state index is -0.163. The average molecular weight is 349 g/mol. The molecular formula is C16H17BrN2O2. The van der Waals surface area contributed by atoms with E-state index in [1.165, 1.54) is 0 Å². The Labute approximate surface area is 132 Å². The second-order valence-electron chi connectivity index (χ2n) is 4.60. The van der Waals surface area contributed by atoms with E-state index in [-0.39, 0.29) is 5.91 Å². The Morgan fingerprint density at radius 1 is 1.19 bits per heavy atom. The molecule has 0 atom stereocenters. The van der Waals surface area contributed by atoms with E-state index in [1.54, 1.807) is 20.2 Å². The van der Waals surface area contributed by atoms with Gasteiger partial charge in [0.1, 0.15) is 5.75 Å². The van der Waals surface area contributed by atoms with E-state index in [4.69, 9.17) is 4.74 Å². The normalized spacial score (nSPS) is 10.1. The van der Waals surface area contributed by atoms with Crippen molar-refractivity contribution in [3.05, 3.63) is 52.0 Å². The minimum Gasteiger partial charge on any atom is -0.495 e. The van der Waals surface area contributed by atoms with Crippen molar-refractivity contribution in [3.8, 4) is 5.75 Å². The van der Waals surface area contributed by atoms with Crippen LogP contribution in [0.15, 0.2) is 40.9 Å². The minimum absolute atomic E-state index is 0.163. The van der Waals surface area contributed by atoms with Crippen LogP contribution in [0.5, 0.6) is 5.75 Å². The summed E-state index contributed by atoms with van der Waals surface area (Å²) in [5, 5.41) is 5.92. The summed E-state index contributed by atoms with van der Waals surface area (Å²) in [7, 11) is 3.39. The van der Waals surface area contributed by atoms with Crippen molar-refractivity contribution < 1.29 is 9.53 Å². The Morgan fingerprint density at radius 3 is 2.62 bits per heavy atom. The summed E-state index contributed by atoms with van der Waals surface area (Å²) in [5.41, 5.74) is 3.19. The number of ether oxygens (including phenoxy) is 1. The van der Waals surface area contributed by atoms with Gasteiger partial charge in [-0.05, 0) is 52.7 Å². The monoisotopic (exact) mass is 348 g/mol. The van der Waals surface area contributed by atoms with Gasteiger partial charge < -0.3 is 15.4 Å². The fourth-order valence-electron chi connectivity index (χ4n) is 2.00. The molecule has 0 heterocycles. The SMILES string of the molecule is CNc1cc(C)ccc1C(=O)Nc1ccc(Br)c(OC)c1. The van der Waals surface area contributed by atoms with Crippen LogP contribution in [-0.2, 0) is 0 Å². The number of carbonyl (C=O) groups is 1. The third-order valence-corrected chi connectivity index (χ3v) is 3.75. The van der Waals surface area contributed by atoms with Crippen LogP contribution in [0.1, 0.15) is 15.9 Å². The number of hydrogen-bond acceptors (Lipinski definition) is 3. The molecule has 21 heavy (non-hydrogen) atoms. The van der Waals surface area contributed by atoms with Crippen LogP contribution in [0, 0.1) is 6.92 Å². The largest absolute Gasteiger partial charge is 0.495 e. The van der Waals surface area contributed by atoms with Crippen LogP contribution in [0.3, 0.4) is 0 Å². The van der Waals surface area contributed by atoms with Crippen molar-refractivity contribution in [2.75, 3.05) is 24.8 Å². The molecule has 4 nitrogen and oxygen atoms in total. The van der Waals surface area contributed by atoms with E-state index in [2.05, 4.69) is 26.6 Å². The maximum Gasteiger partial charge on any atom is 0.257 e. The summed E-state index contributed by atoms with van der Waals surface area (Å²) < 4.78 is 6.06. The Morgan fingerprint density at radius 2 is 1.95 bits per heavy atom. The molecule has 2 N–H and O–H groups in total. The topological polar surface area (TPSA) is 50.4 Å². The number of halogens is 1. The van der Waals surface area contributed by atoms with Crippen LogP contribution in [0.25, 0.3) is 0 Å². The van der Waals surface area contributed by atoms with Gasteiger partial charge in [0.25, 0.3) is 5.91 Å². The molecule has 0 aliphatic heterocycles. The second-order valence-corrected chi connectivity index (χ2v) is 5.46. The number of methoxy groups -OCH3 is 1. The Bertz CT molecular complexity index is 671. The van der Waals surface area contributed by atoms with Gasteiger partial charge in [-0.15, -0.1) is 0 Å². The lowest BCUT2D eigenvalue weighted by molar-refractivity contribution is 0.102. The third-order valence-electron chi connectivity index (χ3n) is 3.10. The number of rotatable bonds is 4. The van der Waals surface area contributed by atoms with E-state index in [9.17, 15) is 4.79 Å². The van der Waals surface area contributed by atoms with Crippen LogP contribution in [0.2, 0.25) is 0 Å². The van der Waals surface area contributed by atoms with Crippen LogP contribution >= 0.6 is 15.9 Å². The summed E-state index contributed by atoms with van der Waals surface area (Å²) in [6.45, 7) is 1.99. The first-order valence-electron chi connectivity index (χ1n) is 6.48. The summed E-state index contributed by atoms with van der Waals surface area (Å²) in [5.74, 6) is 0.509. The first-order valence-corrected chi connectivity index (χ1v) is 7.27. The highest BCUT2D eigenvalue weighted by Gasteiger charge is 2.12. The molecule has 0 radical (unpaired) electrons. The van der Waals surface area contributed by atoms with Crippen molar-refractivity contribution in [2.24, 2.45) is 0 Å². The highest BCUT2D eigenvalue weighted by Crippen LogP contribution is 2.28. The number of benzene rings is 2. The predicted molar refractivity (Wildman–Crippen MR) is 89.4 cm³/mol. The molecule has 0 saturated heterocycles. The zero-order valence-corrected chi connectivity index (χ0v) is 13.7. The van der Waals surface area contributed by atoms with E-state index >= 15 is 0 Å². The molecule has 0 bridgehead atoms. The molecule has 1 amide bonds. The Balaban J connectivity index is 2.26. The molecule has 2 aromatic carbocycles. The highest BCUT2D eigenvalue weighted by atomic mass is 79.9. The molecule has 0 fully saturated rings. The quantitative estimate of drug-likeness (QED) is 0.875. The van der Waals surface area contributed by atoms with Gasteiger partial charge in [0.05, 0.1) is 17.1 Å². The third kappa shape index (κ3) is 3.55. The molecule has 0 saturated carbocycles. The van der Waals surface area contributed by atoms with Crippen LogP contribution < -0.4 is 15.4 Å². The first-order chi connectivity index (χ1) is 10.0. The zero-order chi connectivity index (χ0) is 15.4. The van der Waals surface area contributed by atoms with Gasteiger partial charge in [-0.2, -0.15) is 0 Å². The maximum atomic E-state index is 12.4. The average Bonchev–Trinajstić information content (AvgIpc) is 2.48. The smallest absolute Gasteiger partial charge is 0.257 e. The van der Waals surface area contributed by atoms with Gasteiger partial charge in [0.2, 0.25) is 0 Å². The van der Waals surface area contributed by atoms with Gasteiger partial charge in [-0.25, -0.2) is 0 Å². The molecule has 0 unspecified atom stereocenters. The van der Waals surface area contributed by atoms with Gasteiger partial charge >= 0.3 is 0 Å². The van der Waals surface area contributed by atoms with Crippen molar-refractivity contribution >= 4 is 33.2 Å². The summed E-state index contributed by atoms with van der Waals surface area (Å²) in [6, 6.07) is 11.1. The Kier molecular flexibility index (Phi) is 4.85. The van der Waals surface area contributed by atoms with Crippen LogP contribution in [0.4, 0.5) is 11.4 Å². The standard InChI is InChI=1S/C16H17BrN2O2/c1-10-4-6-12(14(8-10)18-2)16(20)19-11-5-7-13(17)15(9-11)21-3/h4-9,18H,1-3H3,(H,19,20). The number of nitrogens with one attached hydrogen (secondary N) is 2. The fraction of sp³-hybridized carbons (Fsp3) is 0.188. The summed E-state index contributed by atoms with van der Waals surface area (Å²) >= 11 is 3.38. The molecule has 5 heteroatoms. The fourth-order valence-corrected chi connectivity index (χ4v) is 2.41. The number of aryl methyl sites for hydroxylation is 1. The van der Waals surface area contributed by atoms with Gasteiger partial charge in [0.15, 0.2) is 0 Å². The molecule has 2 aromatic rings. The van der Waals surface area contributed by atoms with Crippen molar-refractivity contribution in [3.63, 3.8) is 0 Å². The molecule has 0 spiro atoms.